The second-order valence-electron chi connectivity index (χ2n) is 5.07. The molecule has 0 aliphatic rings. The Labute approximate surface area is 126 Å². The molecule has 114 valence electrons. The van der Waals surface area contributed by atoms with E-state index < -0.39 is 0 Å². The second kappa shape index (κ2) is 7.22. The van der Waals surface area contributed by atoms with Crippen LogP contribution in [0.2, 0.25) is 0 Å². The van der Waals surface area contributed by atoms with E-state index in [0.717, 1.165) is 48.0 Å². The first-order valence-electron chi connectivity index (χ1n) is 7.45. The Balaban J connectivity index is 2.09. The highest BCUT2D eigenvalue weighted by Gasteiger charge is 2.09. The molecule has 0 saturated heterocycles. The third kappa shape index (κ3) is 4.04. The molecule has 2 rings (SSSR count). The monoisotopic (exact) mass is 288 g/mol. The van der Waals surface area contributed by atoms with Crippen LogP contribution in [0.15, 0.2) is 18.2 Å². The lowest BCUT2D eigenvalue weighted by Gasteiger charge is -2.12. The molecule has 2 aromatic heterocycles. The number of rotatable bonds is 7. The van der Waals surface area contributed by atoms with Crippen molar-refractivity contribution in [2.75, 3.05) is 6.54 Å². The number of hydrogen-bond donors (Lipinski definition) is 1. The summed E-state index contributed by atoms with van der Waals surface area (Å²) in [4.78, 5) is 4.56. The highest BCUT2D eigenvalue weighted by molar-refractivity contribution is 5.29. The Bertz CT molecular complexity index is 592. The molecule has 0 radical (unpaired) electrons. The predicted molar refractivity (Wildman–Crippen MR) is 83.3 cm³/mol. The molecule has 5 nitrogen and oxygen atoms in total. The Morgan fingerprint density at radius 3 is 2.76 bits per heavy atom. The lowest BCUT2D eigenvalue weighted by atomic mass is 10.2. The van der Waals surface area contributed by atoms with E-state index in [-0.39, 0.29) is 0 Å². The number of nitrogens with zero attached hydrogens (tertiary/aromatic N) is 3. The van der Waals surface area contributed by atoms with Crippen LogP contribution < -0.4 is 10.1 Å². The zero-order valence-electron chi connectivity index (χ0n) is 13.3. The number of hydrogen-bond acceptors (Lipinski definition) is 4. The molecule has 0 aliphatic heterocycles. The molecule has 0 unspecified atom stereocenters. The summed E-state index contributed by atoms with van der Waals surface area (Å²) in [7, 11) is 1.95. The summed E-state index contributed by atoms with van der Waals surface area (Å²) < 4.78 is 7.83. The van der Waals surface area contributed by atoms with Crippen LogP contribution in [0.1, 0.15) is 36.6 Å². The number of aryl methyl sites for hydroxylation is 3. The fourth-order valence-corrected chi connectivity index (χ4v) is 2.13. The van der Waals surface area contributed by atoms with Gasteiger partial charge in [-0.2, -0.15) is 5.10 Å². The van der Waals surface area contributed by atoms with Crippen molar-refractivity contribution >= 4 is 0 Å². The second-order valence-corrected chi connectivity index (χ2v) is 5.07. The predicted octanol–water partition coefficient (Wildman–Crippen LogP) is 2.37. The van der Waals surface area contributed by atoms with E-state index in [1.165, 1.54) is 0 Å². The molecule has 2 aromatic rings. The molecule has 0 atom stereocenters. The third-order valence-electron chi connectivity index (χ3n) is 3.38. The standard InChI is InChI=1S/C16H24N4O/c1-5-13-9-14(20(4)19-13)11-21-16-8-7-12(3)18-15(16)10-17-6-2/h7-9,17H,5-6,10-11H2,1-4H3. The van der Waals surface area contributed by atoms with Crippen LogP contribution in [-0.2, 0) is 26.6 Å². The molecular formula is C16H24N4O. The van der Waals surface area contributed by atoms with Crippen LogP contribution in [0.4, 0.5) is 0 Å². The molecule has 0 amide bonds. The van der Waals surface area contributed by atoms with Gasteiger partial charge < -0.3 is 10.1 Å². The third-order valence-corrected chi connectivity index (χ3v) is 3.38. The minimum atomic E-state index is 0.507. The molecule has 2 heterocycles. The average Bonchev–Trinajstić information content (AvgIpc) is 2.84. The minimum Gasteiger partial charge on any atom is -0.485 e. The van der Waals surface area contributed by atoms with Gasteiger partial charge in [-0.15, -0.1) is 0 Å². The fraction of sp³-hybridized carbons (Fsp3) is 0.500. The summed E-state index contributed by atoms with van der Waals surface area (Å²) in [6, 6.07) is 6.06. The van der Waals surface area contributed by atoms with Crippen LogP contribution in [0.3, 0.4) is 0 Å². The summed E-state index contributed by atoms with van der Waals surface area (Å²) in [6.45, 7) is 8.32. The van der Waals surface area contributed by atoms with Gasteiger partial charge in [-0.1, -0.05) is 13.8 Å². The number of nitrogens with one attached hydrogen (secondary N) is 1. The summed E-state index contributed by atoms with van der Waals surface area (Å²) in [5.41, 5.74) is 4.12. The van der Waals surface area contributed by atoms with E-state index in [4.69, 9.17) is 4.74 Å². The number of aromatic nitrogens is 3. The first kappa shape index (κ1) is 15.5. The van der Waals surface area contributed by atoms with Gasteiger partial charge in [0.05, 0.1) is 17.1 Å². The molecule has 0 spiro atoms. The number of pyridine rings is 1. The Kier molecular flexibility index (Phi) is 5.33. The summed E-state index contributed by atoms with van der Waals surface area (Å²) >= 11 is 0. The smallest absolute Gasteiger partial charge is 0.142 e. The normalized spacial score (nSPS) is 10.9. The van der Waals surface area contributed by atoms with Crippen LogP contribution in [0, 0.1) is 6.92 Å². The SMILES string of the molecule is CCNCc1nc(C)ccc1OCc1cc(CC)nn1C. The molecule has 5 heteroatoms. The van der Waals surface area contributed by atoms with Gasteiger partial charge in [-0.25, -0.2) is 0 Å². The van der Waals surface area contributed by atoms with Gasteiger partial charge in [0.2, 0.25) is 0 Å². The maximum atomic E-state index is 5.95. The Morgan fingerprint density at radius 1 is 1.29 bits per heavy atom. The molecule has 0 bridgehead atoms. The van der Waals surface area contributed by atoms with E-state index in [1.807, 2.05) is 30.8 Å². The lowest BCUT2D eigenvalue weighted by Crippen LogP contribution is -2.15. The Hall–Kier alpha value is -1.88. The topological polar surface area (TPSA) is 52.0 Å². The minimum absolute atomic E-state index is 0.507. The lowest BCUT2D eigenvalue weighted by molar-refractivity contribution is 0.289. The van der Waals surface area contributed by atoms with Gasteiger partial charge >= 0.3 is 0 Å². The summed E-state index contributed by atoms with van der Waals surface area (Å²) in [6.07, 6.45) is 0.936. The van der Waals surface area contributed by atoms with Crippen molar-refractivity contribution < 1.29 is 4.74 Å². The number of ether oxygens (including phenoxy) is 1. The first-order valence-corrected chi connectivity index (χ1v) is 7.45. The van der Waals surface area contributed by atoms with Gasteiger partial charge in [-0.05, 0) is 38.1 Å². The summed E-state index contributed by atoms with van der Waals surface area (Å²) in [5, 5.41) is 7.73. The van der Waals surface area contributed by atoms with E-state index in [0.29, 0.717) is 6.61 Å². The molecule has 0 aliphatic carbocycles. The van der Waals surface area contributed by atoms with Gasteiger partial charge in [-0.3, -0.25) is 9.67 Å². The first-order chi connectivity index (χ1) is 10.1. The van der Waals surface area contributed by atoms with Gasteiger partial charge in [0.1, 0.15) is 12.4 Å². The van der Waals surface area contributed by atoms with E-state index in [9.17, 15) is 0 Å². The van der Waals surface area contributed by atoms with Crippen molar-refractivity contribution in [3.8, 4) is 5.75 Å². The van der Waals surface area contributed by atoms with Crippen molar-refractivity contribution in [2.45, 2.75) is 40.3 Å². The fourth-order valence-electron chi connectivity index (χ4n) is 2.13. The molecule has 21 heavy (non-hydrogen) atoms. The van der Waals surface area contributed by atoms with Gasteiger partial charge in [0.15, 0.2) is 0 Å². The van der Waals surface area contributed by atoms with Crippen molar-refractivity contribution in [3.63, 3.8) is 0 Å². The van der Waals surface area contributed by atoms with Crippen LogP contribution in [0.5, 0.6) is 5.75 Å². The van der Waals surface area contributed by atoms with E-state index >= 15 is 0 Å². The van der Waals surface area contributed by atoms with E-state index in [1.54, 1.807) is 0 Å². The van der Waals surface area contributed by atoms with Crippen LogP contribution >= 0.6 is 0 Å². The average molecular weight is 288 g/mol. The quantitative estimate of drug-likeness (QED) is 0.850. The maximum absolute atomic E-state index is 5.95. The molecular weight excluding hydrogens is 264 g/mol. The highest BCUT2D eigenvalue weighted by Crippen LogP contribution is 2.18. The molecule has 0 aromatic carbocycles. The molecule has 0 fully saturated rings. The molecule has 0 saturated carbocycles. The van der Waals surface area contributed by atoms with Gasteiger partial charge in [0, 0.05) is 19.3 Å². The molecule has 1 N–H and O–H groups in total. The van der Waals surface area contributed by atoms with Crippen LogP contribution in [-0.4, -0.2) is 21.3 Å². The van der Waals surface area contributed by atoms with Crippen LogP contribution in [0.25, 0.3) is 0 Å². The summed E-state index contributed by atoms with van der Waals surface area (Å²) in [5.74, 6) is 0.834. The van der Waals surface area contributed by atoms with Crippen molar-refractivity contribution in [2.24, 2.45) is 7.05 Å². The Morgan fingerprint density at radius 2 is 2.10 bits per heavy atom. The van der Waals surface area contributed by atoms with E-state index in [2.05, 4.69) is 35.3 Å². The van der Waals surface area contributed by atoms with Crippen molar-refractivity contribution in [1.29, 1.82) is 0 Å². The highest BCUT2D eigenvalue weighted by atomic mass is 16.5. The maximum Gasteiger partial charge on any atom is 0.142 e. The zero-order valence-corrected chi connectivity index (χ0v) is 13.3. The van der Waals surface area contributed by atoms with Crippen molar-refractivity contribution in [1.82, 2.24) is 20.1 Å². The van der Waals surface area contributed by atoms with Crippen molar-refractivity contribution in [3.05, 3.63) is 41.0 Å². The zero-order chi connectivity index (χ0) is 15.2. The largest absolute Gasteiger partial charge is 0.485 e. The van der Waals surface area contributed by atoms with Gasteiger partial charge in [0.25, 0.3) is 0 Å².